The second-order valence-corrected chi connectivity index (χ2v) is 5.59. The Hall–Kier alpha value is 0.427. The smallest absolute Gasteiger partial charge is 0.337 e. The lowest BCUT2D eigenvalue weighted by Gasteiger charge is -2.19. The second-order valence-electron chi connectivity index (χ2n) is 2.95. The quantitative estimate of drug-likeness (QED) is 0.494. The van der Waals surface area contributed by atoms with Crippen molar-refractivity contribution in [3.8, 4) is 0 Å². The van der Waals surface area contributed by atoms with E-state index >= 15 is 0 Å². The summed E-state index contributed by atoms with van der Waals surface area (Å²) < 4.78 is 11.0. The van der Waals surface area contributed by atoms with Crippen molar-refractivity contribution in [3.05, 3.63) is 0 Å². The summed E-state index contributed by atoms with van der Waals surface area (Å²) in [5, 5.41) is 0. The van der Waals surface area contributed by atoms with E-state index in [1.54, 1.807) is 0 Å². The minimum Gasteiger partial charge on any atom is -0.393 e. The van der Waals surface area contributed by atoms with E-state index in [-0.39, 0.29) is 12.2 Å². The van der Waals surface area contributed by atoms with Gasteiger partial charge in [0.2, 0.25) is 0 Å². The van der Waals surface area contributed by atoms with Gasteiger partial charge in [-0.05, 0) is 27.7 Å². The second kappa shape index (κ2) is 6.00. The van der Waals surface area contributed by atoms with Crippen molar-refractivity contribution >= 4 is 20.9 Å². The van der Waals surface area contributed by atoms with Crippen LogP contribution in [0.1, 0.15) is 27.7 Å². The lowest BCUT2D eigenvalue weighted by Crippen LogP contribution is -2.31. The molecule has 11 heavy (non-hydrogen) atoms. The summed E-state index contributed by atoms with van der Waals surface area (Å²) in [6.45, 7) is 7.99. The standard InChI is InChI=1S/C7H17ClO2Si/c1-6(2)9-11(5-8)10-7(3)4/h6-7,11H,5H2,1-4H3. The molecule has 68 valence electrons. The summed E-state index contributed by atoms with van der Waals surface area (Å²) in [5.74, 6) is 0. The highest BCUT2D eigenvalue weighted by Crippen LogP contribution is 2.01. The van der Waals surface area contributed by atoms with Gasteiger partial charge in [-0.3, -0.25) is 0 Å². The van der Waals surface area contributed by atoms with Gasteiger partial charge in [0, 0.05) is 12.2 Å². The Morgan fingerprint density at radius 1 is 1.09 bits per heavy atom. The van der Waals surface area contributed by atoms with Gasteiger partial charge < -0.3 is 8.85 Å². The predicted molar refractivity (Wildman–Crippen MR) is 50.3 cm³/mol. The fourth-order valence-electron chi connectivity index (χ4n) is 0.712. The van der Waals surface area contributed by atoms with Crippen LogP contribution in [0.25, 0.3) is 0 Å². The van der Waals surface area contributed by atoms with E-state index in [2.05, 4.69) is 0 Å². The van der Waals surface area contributed by atoms with Crippen LogP contribution < -0.4 is 0 Å². The number of alkyl halides is 1. The maximum Gasteiger partial charge on any atom is 0.337 e. The average Bonchev–Trinajstić information content (AvgIpc) is 1.84. The van der Waals surface area contributed by atoms with E-state index in [0.717, 1.165) is 0 Å². The van der Waals surface area contributed by atoms with Crippen LogP contribution in [0, 0.1) is 0 Å². The van der Waals surface area contributed by atoms with Crippen molar-refractivity contribution in [1.82, 2.24) is 0 Å². The van der Waals surface area contributed by atoms with Gasteiger partial charge in [0.15, 0.2) is 0 Å². The van der Waals surface area contributed by atoms with Crippen LogP contribution in [0.3, 0.4) is 0 Å². The van der Waals surface area contributed by atoms with E-state index < -0.39 is 9.28 Å². The number of halogens is 1. The van der Waals surface area contributed by atoms with E-state index in [0.29, 0.717) is 5.50 Å². The first-order valence-electron chi connectivity index (χ1n) is 3.93. The van der Waals surface area contributed by atoms with Gasteiger partial charge in [0.05, 0.1) is 5.50 Å². The molecule has 0 fully saturated rings. The third kappa shape index (κ3) is 6.81. The molecule has 0 aliphatic heterocycles. The van der Waals surface area contributed by atoms with Crippen molar-refractivity contribution in [2.75, 3.05) is 5.50 Å². The molecule has 0 aliphatic rings. The molecule has 0 saturated heterocycles. The molecule has 4 heteroatoms. The topological polar surface area (TPSA) is 18.5 Å². The van der Waals surface area contributed by atoms with E-state index in [9.17, 15) is 0 Å². The summed E-state index contributed by atoms with van der Waals surface area (Å²) >= 11 is 5.67. The van der Waals surface area contributed by atoms with Crippen LogP contribution in [0.5, 0.6) is 0 Å². The van der Waals surface area contributed by atoms with Gasteiger partial charge in [-0.25, -0.2) is 0 Å². The summed E-state index contributed by atoms with van der Waals surface area (Å²) in [4.78, 5) is 0. The first-order chi connectivity index (χ1) is 5.06. The normalized spacial score (nSPS) is 12.0. The highest BCUT2D eigenvalue weighted by atomic mass is 35.5. The lowest BCUT2D eigenvalue weighted by molar-refractivity contribution is 0.133. The molecule has 0 radical (unpaired) electrons. The molecular formula is C7H17ClO2Si. The minimum absolute atomic E-state index is 0.226. The van der Waals surface area contributed by atoms with Gasteiger partial charge in [0.25, 0.3) is 0 Å². The molecule has 0 aliphatic carbocycles. The molecule has 0 atom stereocenters. The molecular weight excluding hydrogens is 180 g/mol. The molecule has 0 bridgehead atoms. The fraction of sp³-hybridized carbons (Fsp3) is 1.00. The molecule has 0 aromatic carbocycles. The van der Waals surface area contributed by atoms with Crippen LogP contribution in [-0.2, 0) is 8.85 Å². The molecule has 0 saturated carbocycles. The van der Waals surface area contributed by atoms with Gasteiger partial charge in [0.1, 0.15) is 0 Å². The van der Waals surface area contributed by atoms with Crippen LogP contribution in [-0.4, -0.2) is 27.0 Å². The Labute approximate surface area is 75.7 Å². The summed E-state index contributed by atoms with van der Waals surface area (Å²) in [5.41, 5.74) is 0.524. The van der Waals surface area contributed by atoms with Gasteiger partial charge in [-0.1, -0.05) is 0 Å². The van der Waals surface area contributed by atoms with Gasteiger partial charge >= 0.3 is 9.28 Å². The van der Waals surface area contributed by atoms with Crippen molar-refractivity contribution in [1.29, 1.82) is 0 Å². The number of rotatable bonds is 5. The summed E-state index contributed by atoms with van der Waals surface area (Å²) in [7, 11) is -1.56. The molecule has 0 aromatic rings. The molecule has 0 aromatic heterocycles. The molecule has 2 nitrogen and oxygen atoms in total. The fourth-order valence-corrected chi connectivity index (χ4v) is 2.57. The first-order valence-corrected chi connectivity index (χ1v) is 6.22. The molecule has 0 rings (SSSR count). The Balaban J connectivity index is 3.58. The Bertz CT molecular complexity index is 88.4. The molecule has 0 heterocycles. The van der Waals surface area contributed by atoms with E-state index in [1.807, 2.05) is 27.7 Å². The molecule has 0 N–H and O–H groups in total. The minimum atomic E-state index is -1.56. The average molecular weight is 197 g/mol. The highest BCUT2D eigenvalue weighted by Gasteiger charge is 2.14. The monoisotopic (exact) mass is 196 g/mol. The van der Waals surface area contributed by atoms with Gasteiger partial charge in [-0.2, -0.15) is 0 Å². The van der Waals surface area contributed by atoms with Crippen molar-refractivity contribution in [3.63, 3.8) is 0 Å². The number of hydrogen-bond donors (Lipinski definition) is 0. The third-order valence-electron chi connectivity index (χ3n) is 0.974. The van der Waals surface area contributed by atoms with Crippen LogP contribution >= 0.6 is 11.6 Å². The Morgan fingerprint density at radius 3 is 1.64 bits per heavy atom. The summed E-state index contributed by atoms with van der Waals surface area (Å²) in [6, 6.07) is 0. The maximum atomic E-state index is 5.67. The molecule has 0 spiro atoms. The van der Waals surface area contributed by atoms with Crippen molar-refractivity contribution < 1.29 is 8.85 Å². The zero-order valence-corrected chi connectivity index (χ0v) is 9.54. The van der Waals surface area contributed by atoms with Crippen LogP contribution in [0.15, 0.2) is 0 Å². The number of hydrogen-bond acceptors (Lipinski definition) is 2. The Morgan fingerprint density at radius 2 is 1.45 bits per heavy atom. The molecule has 0 unspecified atom stereocenters. The van der Waals surface area contributed by atoms with Crippen LogP contribution in [0.2, 0.25) is 0 Å². The zero-order chi connectivity index (χ0) is 8.85. The highest BCUT2D eigenvalue weighted by molar-refractivity contribution is 6.56. The lowest BCUT2D eigenvalue weighted by atomic mass is 10.5. The largest absolute Gasteiger partial charge is 0.393 e. The summed E-state index contributed by atoms with van der Waals surface area (Å²) in [6.07, 6.45) is 0.452. The SMILES string of the molecule is CC(C)O[SiH](CCl)OC(C)C. The zero-order valence-electron chi connectivity index (χ0n) is 7.63. The third-order valence-corrected chi connectivity index (χ3v) is 3.68. The van der Waals surface area contributed by atoms with Gasteiger partial charge in [-0.15, -0.1) is 11.6 Å². The van der Waals surface area contributed by atoms with Crippen molar-refractivity contribution in [2.45, 2.75) is 39.9 Å². The van der Waals surface area contributed by atoms with E-state index in [1.165, 1.54) is 0 Å². The predicted octanol–water partition coefficient (Wildman–Crippen LogP) is 1.83. The first kappa shape index (κ1) is 11.4. The maximum absolute atomic E-state index is 5.67. The Kier molecular flexibility index (Phi) is 6.23. The van der Waals surface area contributed by atoms with E-state index in [4.69, 9.17) is 20.5 Å². The molecule has 0 amide bonds. The van der Waals surface area contributed by atoms with Crippen molar-refractivity contribution in [2.24, 2.45) is 0 Å². The van der Waals surface area contributed by atoms with Crippen LogP contribution in [0.4, 0.5) is 0 Å².